The van der Waals surface area contributed by atoms with Crippen LogP contribution in [0.15, 0.2) is 66.7 Å². The molecule has 0 aromatic heterocycles. The zero-order valence-electron chi connectivity index (χ0n) is 15.3. The minimum atomic E-state index is 0.222. The fourth-order valence-electron chi connectivity index (χ4n) is 4.00. The largest absolute Gasteiger partial charge is 0.319 e. The predicted octanol–water partition coefficient (Wildman–Crippen LogP) is 6.25. The van der Waals surface area contributed by atoms with Gasteiger partial charge in [-0.15, -0.1) is 0 Å². The van der Waals surface area contributed by atoms with Crippen molar-refractivity contribution in [3.05, 3.63) is 83.4 Å². The van der Waals surface area contributed by atoms with Gasteiger partial charge >= 0.3 is 0 Å². The van der Waals surface area contributed by atoms with Crippen molar-refractivity contribution in [2.45, 2.75) is 33.9 Å². The average molecular weight is 328 g/mol. The number of para-hydroxylation sites is 3. The Hall–Kier alpha value is -2.74. The first-order chi connectivity index (χ1) is 12.1. The quantitative estimate of drug-likeness (QED) is 0.549. The number of rotatable bonds is 2. The first kappa shape index (κ1) is 15.8. The highest BCUT2D eigenvalue weighted by atomic mass is 15.4. The van der Waals surface area contributed by atoms with E-state index < -0.39 is 0 Å². The highest BCUT2D eigenvalue weighted by molar-refractivity contribution is 5.88. The standard InChI is InChI=1S/C23H24N2/c1-16-13-17(2)15-20(14-16)24-19(4)25(21-10-6-5-9-18(21)3)23-12-8-7-11-22(23)24/h5-15,19H,1-4H3/t19-/m0/s1. The second-order valence-electron chi connectivity index (χ2n) is 6.99. The van der Waals surface area contributed by atoms with E-state index in [-0.39, 0.29) is 6.17 Å². The monoisotopic (exact) mass is 328 g/mol. The molecule has 1 atom stereocenters. The molecule has 0 aliphatic carbocycles. The van der Waals surface area contributed by atoms with Crippen LogP contribution in [0.5, 0.6) is 0 Å². The van der Waals surface area contributed by atoms with Gasteiger partial charge in [0.1, 0.15) is 6.17 Å². The molecule has 0 saturated carbocycles. The van der Waals surface area contributed by atoms with Crippen LogP contribution in [-0.2, 0) is 0 Å². The zero-order valence-corrected chi connectivity index (χ0v) is 15.3. The van der Waals surface area contributed by atoms with E-state index >= 15 is 0 Å². The van der Waals surface area contributed by atoms with Gasteiger partial charge in [-0.1, -0.05) is 36.4 Å². The number of nitrogens with zero attached hydrogens (tertiary/aromatic N) is 2. The van der Waals surface area contributed by atoms with Crippen LogP contribution in [0.1, 0.15) is 23.6 Å². The normalized spacial score (nSPS) is 16.2. The second-order valence-corrected chi connectivity index (χ2v) is 6.99. The van der Waals surface area contributed by atoms with Crippen LogP contribution in [0.3, 0.4) is 0 Å². The molecule has 0 bridgehead atoms. The van der Waals surface area contributed by atoms with Gasteiger partial charge in [0.2, 0.25) is 0 Å². The Balaban J connectivity index is 1.90. The second kappa shape index (κ2) is 5.96. The molecule has 0 spiro atoms. The summed E-state index contributed by atoms with van der Waals surface area (Å²) >= 11 is 0. The molecule has 4 rings (SSSR count). The van der Waals surface area contributed by atoms with E-state index in [4.69, 9.17) is 0 Å². The van der Waals surface area contributed by atoms with E-state index in [1.165, 1.54) is 39.4 Å². The smallest absolute Gasteiger partial charge is 0.108 e. The van der Waals surface area contributed by atoms with E-state index in [1.807, 2.05) is 0 Å². The number of hydrogen-bond acceptors (Lipinski definition) is 2. The van der Waals surface area contributed by atoms with Crippen LogP contribution < -0.4 is 9.80 Å². The molecule has 0 saturated heterocycles. The molecule has 0 unspecified atom stereocenters. The van der Waals surface area contributed by atoms with Gasteiger partial charge in [0.15, 0.2) is 0 Å². The number of hydrogen-bond donors (Lipinski definition) is 0. The molecule has 0 radical (unpaired) electrons. The average Bonchev–Trinajstić information content (AvgIpc) is 2.86. The van der Waals surface area contributed by atoms with Crippen LogP contribution in [-0.4, -0.2) is 6.17 Å². The SMILES string of the molecule is Cc1cc(C)cc(N2c3ccccc3N(c3ccccc3C)[C@H]2C)c1. The van der Waals surface area contributed by atoms with E-state index in [0.717, 1.165) is 0 Å². The van der Waals surface area contributed by atoms with Crippen molar-refractivity contribution in [2.24, 2.45) is 0 Å². The number of anilines is 4. The summed E-state index contributed by atoms with van der Waals surface area (Å²) in [6.45, 7) is 8.80. The number of fused-ring (bicyclic) bond motifs is 1. The molecular formula is C23H24N2. The lowest BCUT2D eigenvalue weighted by Gasteiger charge is -2.31. The Morgan fingerprint density at radius 3 is 1.76 bits per heavy atom. The molecule has 1 heterocycles. The van der Waals surface area contributed by atoms with Gasteiger partial charge in [-0.2, -0.15) is 0 Å². The highest BCUT2D eigenvalue weighted by Gasteiger charge is 2.35. The fourth-order valence-corrected chi connectivity index (χ4v) is 4.00. The third-order valence-electron chi connectivity index (χ3n) is 5.01. The molecule has 1 aliphatic rings. The van der Waals surface area contributed by atoms with Crippen LogP contribution in [0.2, 0.25) is 0 Å². The van der Waals surface area contributed by atoms with Gasteiger partial charge in [0.25, 0.3) is 0 Å². The Morgan fingerprint density at radius 2 is 1.16 bits per heavy atom. The zero-order chi connectivity index (χ0) is 17.6. The van der Waals surface area contributed by atoms with Crippen molar-refractivity contribution in [3.8, 4) is 0 Å². The van der Waals surface area contributed by atoms with Crippen molar-refractivity contribution in [1.29, 1.82) is 0 Å². The van der Waals surface area contributed by atoms with Gasteiger partial charge in [-0.3, -0.25) is 0 Å². The van der Waals surface area contributed by atoms with Gasteiger partial charge in [-0.25, -0.2) is 0 Å². The van der Waals surface area contributed by atoms with Gasteiger partial charge in [0, 0.05) is 11.4 Å². The molecule has 1 aliphatic heterocycles. The first-order valence-electron chi connectivity index (χ1n) is 8.87. The lowest BCUT2D eigenvalue weighted by molar-refractivity contribution is 0.759. The maximum absolute atomic E-state index is 2.45. The lowest BCUT2D eigenvalue weighted by atomic mass is 10.1. The Bertz CT molecular complexity index is 909. The summed E-state index contributed by atoms with van der Waals surface area (Å²) in [5, 5.41) is 0. The predicted molar refractivity (Wildman–Crippen MR) is 107 cm³/mol. The maximum Gasteiger partial charge on any atom is 0.108 e. The van der Waals surface area contributed by atoms with E-state index in [2.05, 4.69) is 104 Å². The van der Waals surface area contributed by atoms with Crippen molar-refractivity contribution < 1.29 is 0 Å². The summed E-state index contributed by atoms with van der Waals surface area (Å²) in [6, 6.07) is 24.1. The minimum absolute atomic E-state index is 0.222. The first-order valence-corrected chi connectivity index (χ1v) is 8.87. The number of aryl methyl sites for hydroxylation is 3. The molecule has 25 heavy (non-hydrogen) atoms. The molecule has 0 amide bonds. The Labute approximate surface area is 150 Å². The Morgan fingerprint density at radius 1 is 0.640 bits per heavy atom. The highest BCUT2D eigenvalue weighted by Crippen LogP contribution is 2.48. The van der Waals surface area contributed by atoms with Gasteiger partial charge < -0.3 is 9.80 Å². The van der Waals surface area contributed by atoms with Crippen molar-refractivity contribution in [2.75, 3.05) is 9.80 Å². The summed E-state index contributed by atoms with van der Waals surface area (Å²) < 4.78 is 0. The van der Waals surface area contributed by atoms with Crippen molar-refractivity contribution in [3.63, 3.8) is 0 Å². The van der Waals surface area contributed by atoms with Crippen LogP contribution >= 0.6 is 0 Å². The molecule has 3 aromatic rings. The molecule has 0 fully saturated rings. The summed E-state index contributed by atoms with van der Waals surface area (Å²) in [4.78, 5) is 4.89. The van der Waals surface area contributed by atoms with E-state index in [0.29, 0.717) is 0 Å². The summed E-state index contributed by atoms with van der Waals surface area (Å²) in [7, 11) is 0. The van der Waals surface area contributed by atoms with Crippen molar-refractivity contribution >= 4 is 22.7 Å². The Kier molecular flexibility index (Phi) is 3.76. The summed E-state index contributed by atoms with van der Waals surface area (Å²) in [5.41, 5.74) is 8.96. The third kappa shape index (κ3) is 2.58. The lowest BCUT2D eigenvalue weighted by Crippen LogP contribution is -2.35. The molecule has 2 heteroatoms. The molecule has 126 valence electrons. The number of benzene rings is 3. The minimum Gasteiger partial charge on any atom is -0.319 e. The molecular weight excluding hydrogens is 304 g/mol. The third-order valence-corrected chi connectivity index (χ3v) is 5.01. The molecule has 0 N–H and O–H groups in total. The summed E-state index contributed by atoms with van der Waals surface area (Å²) in [5.74, 6) is 0. The van der Waals surface area contributed by atoms with Crippen LogP contribution in [0.25, 0.3) is 0 Å². The van der Waals surface area contributed by atoms with Gasteiger partial charge in [0.05, 0.1) is 11.4 Å². The van der Waals surface area contributed by atoms with E-state index in [9.17, 15) is 0 Å². The maximum atomic E-state index is 2.45. The topological polar surface area (TPSA) is 6.48 Å². The molecule has 3 aromatic carbocycles. The molecule has 2 nitrogen and oxygen atoms in total. The van der Waals surface area contributed by atoms with Crippen molar-refractivity contribution in [1.82, 2.24) is 0 Å². The summed E-state index contributed by atoms with van der Waals surface area (Å²) in [6.07, 6.45) is 0.222. The fraction of sp³-hybridized carbons (Fsp3) is 0.217. The van der Waals surface area contributed by atoms with Crippen LogP contribution in [0, 0.1) is 20.8 Å². The van der Waals surface area contributed by atoms with E-state index in [1.54, 1.807) is 0 Å². The van der Waals surface area contributed by atoms with Crippen LogP contribution in [0.4, 0.5) is 22.7 Å². The van der Waals surface area contributed by atoms with Gasteiger partial charge in [-0.05, 0) is 74.7 Å².